The molecule has 24 heavy (non-hydrogen) atoms. The van der Waals surface area contributed by atoms with Crippen LogP contribution in [0.2, 0.25) is 0 Å². The van der Waals surface area contributed by atoms with E-state index in [0.29, 0.717) is 17.9 Å². The summed E-state index contributed by atoms with van der Waals surface area (Å²) < 4.78 is 7.36. The van der Waals surface area contributed by atoms with Gasteiger partial charge < -0.3 is 9.73 Å². The molecule has 3 aromatic heterocycles. The van der Waals surface area contributed by atoms with Gasteiger partial charge in [-0.25, -0.2) is 9.97 Å². The zero-order valence-corrected chi connectivity index (χ0v) is 12.7. The summed E-state index contributed by atoms with van der Waals surface area (Å²) in [6.07, 6.45) is 6.94. The van der Waals surface area contributed by atoms with Crippen molar-refractivity contribution in [3.05, 3.63) is 78.7 Å². The average molecular weight is 318 g/mol. The van der Waals surface area contributed by atoms with Gasteiger partial charge in [0.2, 0.25) is 0 Å². The van der Waals surface area contributed by atoms with Crippen LogP contribution in [0.5, 0.6) is 0 Å². The van der Waals surface area contributed by atoms with Crippen LogP contribution < -0.4 is 5.32 Å². The standard InChI is InChI=1S/C18H14N4O2/c23-18(16-9-14-3-1-2-4-15(14)24-16)21-11-13-5-6-17(20-10-13)22-8-7-19-12-22/h1-10,12H,11H2,(H,21,23). The highest BCUT2D eigenvalue weighted by Crippen LogP contribution is 2.18. The first-order valence-electron chi connectivity index (χ1n) is 7.50. The number of aromatic nitrogens is 3. The quantitative estimate of drug-likeness (QED) is 0.628. The predicted octanol–water partition coefficient (Wildman–Crippen LogP) is 2.94. The summed E-state index contributed by atoms with van der Waals surface area (Å²) in [6, 6.07) is 13.1. The Kier molecular flexibility index (Phi) is 3.55. The number of hydrogen-bond donors (Lipinski definition) is 1. The van der Waals surface area contributed by atoms with E-state index in [4.69, 9.17) is 4.42 Å². The highest BCUT2D eigenvalue weighted by Gasteiger charge is 2.11. The second kappa shape index (κ2) is 6.00. The van der Waals surface area contributed by atoms with Gasteiger partial charge in [-0.1, -0.05) is 24.3 Å². The molecule has 4 rings (SSSR count). The van der Waals surface area contributed by atoms with Crippen molar-refractivity contribution in [2.75, 3.05) is 0 Å². The number of amides is 1. The molecule has 0 saturated carbocycles. The van der Waals surface area contributed by atoms with Gasteiger partial charge in [0.15, 0.2) is 5.76 Å². The molecule has 0 fully saturated rings. The summed E-state index contributed by atoms with van der Waals surface area (Å²) in [6.45, 7) is 0.382. The monoisotopic (exact) mass is 318 g/mol. The Morgan fingerprint density at radius 1 is 1.21 bits per heavy atom. The van der Waals surface area contributed by atoms with E-state index < -0.39 is 0 Å². The molecule has 6 heteroatoms. The van der Waals surface area contributed by atoms with Crippen LogP contribution in [-0.2, 0) is 6.54 Å². The van der Waals surface area contributed by atoms with E-state index in [9.17, 15) is 4.79 Å². The first kappa shape index (κ1) is 14.2. The Balaban J connectivity index is 1.43. The largest absolute Gasteiger partial charge is 0.451 e. The number of carbonyl (C=O) groups excluding carboxylic acids is 1. The van der Waals surface area contributed by atoms with E-state index in [1.54, 1.807) is 24.8 Å². The maximum atomic E-state index is 12.2. The molecule has 6 nitrogen and oxygen atoms in total. The normalized spacial score (nSPS) is 10.8. The molecule has 0 atom stereocenters. The minimum absolute atomic E-state index is 0.245. The number of benzene rings is 1. The first-order chi connectivity index (χ1) is 11.8. The van der Waals surface area contributed by atoms with E-state index >= 15 is 0 Å². The van der Waals surface area contributed by atoms with Crippen molar-refractivity contribution < 1.29 is 9.21 Å². The Bertz CT molecular complexity index is 939. The van der Waals surface area contributed by atoms with E-state index in [2.05, 4.69) is 15.3 Å². The van der Waals surface area contributed by atoms with Crippen molar-refractivity contribution in [3.8, 4) is 5.82 Å². The van der Waals surface area contributed by atoms with Gasteiger partial charge in [0.05, 0.1) is 0 Å². The average Bonchev–Trinajstić information content (AvgIpc) is 3.29. The second-order valence-electron chi connectivity index (χ2n) is 5.33. The fourth-order valence-electron chi connectivity index (χ4n) is 2.43. The minimum atomic E-state index is -0.245. The van der Waals surface area contributed by atoms with Crippen LogP contribution in [-0.4, -0.2) is 20.4 Å². The fourth-order valence-corrected chi connectivity index (χ4v) is 2.43. The minimum Gasteiger partial charge on any atom is -0.451 e. The van der Waals surface area contributed by atoms with Gasteiger partial charge in [0.1, 0.15) is 17.7 Å². The summed E-state index contributed by atoms with van der Waals surface area (Å²) >= 11 is 0. The molecule has 0 saturated heterocycles. The summed E-state index contributed by atoms with van der Waals surface area (Å²) in [5.74, 6) is 0.837. The highest BCUT2D eigenvalue weighted by atomic mass is 16.3. The number of nitrogens with one attached hydrogen (secondary N) is 1. The molecule has 4 aromatic rings. The predicted molar refractivity (Wildman–Crippen MR) is 88.7 cm³/mol. The molecule has 0 aliphatic rings. The van der Waals surface area contributed by atoms with E-state index in [1.807, 2.05) is 47.2 Å². The number of pyridine rings is 1. The number of imidazole rings is 1. The molecule has 0 aliphatic heterocycles. The topological polar surface area (TPSA) is 73.0 Å². The number of rotatable bonds is 4. The van der Waals surface area contributed by atoms with Gasteiger partial charge in [-0.15, -0.1) is 0 Å². The van der Waals surface area contributed by atoms with Gasteiger partial charge in [-0.3, -0.25) is 9.36 Å². The van der Waals surface area contributed by atoms with Crippen LogP contribution in [0.1, 0.15) is 16.1 Å². The van der Waals surface area contributed by atoms with E-state index in [1.165, 1.54) is 0 Å². The molecule has 0 unspecified atom stereocenters. The SMILES string of the molecule is O=C(NCc1ccc(-n2ccnc2)nc1)c1cc2ccccc2o1. The molecule has 1 N–H and O–H groups in total. The fraction of sp³-hybridized carbons (Fsp3) is 0.0556. The van der Waals surface area contributed by atoms with Gasteiger partial charge in [-0.05, 0) is 23.8 Å². The van der Waals surface area contributed by atoms with E-state index in [-0.39, 0.29) is 5.91 Å². The Hall–Kier alpha value is -3.41. The highest BCUT2D eigenvalue weighted by molar-refractivity contribution is 5.95. The van der Waals surface area contributed by atoms with Crippen molar-refractivity contribution in [2.24, 2.45) is 0 Å². The molecular weight excluding hydrogens is 304 g/mol. The van der Waals surface area contributed by atoms with Crippen molar-refractivity contribution in [2.45, 2.75) is 6.54 Å². The van der Waals surface area contributed by atoms with Crippen molar-refractivity contribution in [1.29, 1.82) is 0 Å². The molecular formula is C18H14N4O2. The summed E-state index contributed by atoms with van der Waals surface area (Å²) in [5, 5.41) is 3.75. The molecule has 0 aliphatic carbocycles. The van der Waals surface area contributed by atoms with Crippen LogP contribution in [0, 0.1) is 0 Å². The third kappa shape index (κ3) is 2.77. The Morgan fingerprint density at radius 3 is 2.88 bits per heavy atom. The van der Waals surface area contributed by atoms with Crippen LogP contribution >= 0.6 is 0 Å². The third-order valence-electron chi connectivity index (χ3n) is 3.68. The lowest BCUT2D eigenvalue weighted by Crippen LogP contribution is -2.22. The summed E-state index contributed by atoms with van der Waals surface area (Å²) in [7, 11) is 0. The van der Waals surface area contributed by atoms with Gasteiger partial charge in [-0.2, -0.15) is 0 Å². The smallest absolute Gasteiger partial charge is 0.287 e. The van der Waals surface area contributed by atoms with Gasteiger partial charge in [0.25, 0.3) is 5.91 Å². The number of para-hydroxylation sites is 1. The first-order valence-corrected chi connectivity index (χ1v) is 7.50. The van der Waals surface area contributed by atoms with Crippen molar-refractivity contribution in [3.63, 3.8) is 0 Å². The molecule has 3 heterocycles. The maximum absolute atomic E-state index is 12.2. The molecule has 118 valence electrons. The lowest BCUT2D eigenvalue weighted by atomic mass is 10.2. The lowest BCUT2D eigenvalue weighted by Gasteiger charge is -2.05. The molecule has 1 aromatic carbocycles. The van der Waals surface area contributed by atoms with Crippen molar-refractivity contribution >= 4 is 16.9 Å². The Morgan fingerprint density at radius 2 is 2.12 bits per heavy atom. The zero-order chi connectivity index (χ0) is 16.4. The Labute approximate surface area is 137 Å². The number of hydrogen-bond acceptors (Lipinski definition) is 4. The second-order valence-corrected chi connectivity index (χ2v) is 5.33. The van der Waals surface area contributed by atoms with Gasteiger partial charge in [0, 0.05) is 30.5 Å². The third-order valence-corrected chi connectivity index (χ3v) is 3.68. The van der Waals surface area contributed by atoms with E-state index in [0.717, 1.165) is 16.8 Å². The molecule has 0 spiro atoms. The zero-order valence-electron chi connectivity index (χ0n) is 12.7. The van der Waals surface area contributed by atoms with Crippen LogP contribution in [0.3, 0.4) is 0 Å². The molecule has 0 bridgehead atoms. The number of fused-ring (bicyclic) bond motifs is 1. The molecule has 0 radical (unpaired) electrons. The lowest BCUT2D eigenvalue weighted by molar-refractivity contribution is 0.0925. The molecule has 1 amide bonds. The summed E-state index contributed by atoms with van der Waals surface area (Å²) in [4.78, 5) is 20.5. The van der Waals surface area contributed by atoms with Crippen LogP contribution in [0.4, 0.5) is 0 Å². The van der Waals surface area contributed by atoms with Crippen LogP contribution in [0.25, 0.3) is 16.8 Å². The number of furan rings is 1. The van der Waals surface area contributed by atoms with Gasteiger partial charge >= 0.3 is 0 Å². The number of carbonyl (C=O) groups is 1. The van der Waals surface area contributed by atoms with Crippen molar-refractivity contribution in [1.82, 2.24) is 19.9 Å². The summed E-state index contributed by atoms with van der Waals surface area (Å²) in [5.41, 5.74) is 1.61. The van der Waals surface area contributed by atoms with Crippen LogP contribution in [0.15, 0.2) is 71.8 Å². The number of nitrogens with zero attached hydrogens (tertiary/aromatic N) is 3. The maximum Gasteiger partial charge on any atom is 0.287 e.